The van der Waals surface area contributed by atoms with Crippen LogP contribution in [0.2, 0.25) is 0 Å². The topological polar surface area (TPSA) is 81.6 Å². The summed E-state index contributed by atoms with van der Waals surface area (Å²) in [6.07, 6.45) is 1.36. The molecule has 0 radical (unpaired) electrons. The normalized spacial score (nSPS) is 9.83. The van der Waals surface area contributed by atoms with Crippen LogP contribution in [0.5, 0.6) is 0 Å². The Bertz CT molecular complexity index is 642. The molecule has 1 heterocycles. The van der Waals surface area contributed by atoms with Gasteiger partial charge in [-0.25, -0.2) is 0 Å². The molecule has 2 rings (SSSR count). The summed E-state index contributed by atoms with van der Waals surface area (Å²) >= 11 is 3.37. The number of nitriles is 1. The lowest BCUT2D eigenvalue weighted by molar-refractivity contribution is 0.102. The minimum atomic E-state index is -0.286. The molecule has 1 amide bonds. The van der Waals surface area contributed by atoms with E-state index in [0.29, 0.717) is 16.9 Å². The van der Waals surface area contributed by atoms with Gasteiger partial charge < -0.3 is 5.32 Å². The van der Waals surface area contributed by atoms with Gasteiger partial charge in [0, 0.05) is 10.0 Å². The molecule has 0 fully saturated rings. The summed E-state index contributed by atoms with van der Waals surface area (Å²) in [5, 5.41) is 17.7. The van der Waals surface area contributed by atoms with E-state index in [-0.39, 0.29) is 5.91 Å². The summed E-state index contributed by atoms with van der Waals surface area (Å²) in [4.78, 5) is 12.0. The van der Waals surface area contributed by atoms with Crippen LogP contribution < -0.4 is 5.32 Å². The molecule has 1 aromatic heterocycles. The van der Waals surface area contributed by atoms with Gasteiger partial charge >= 0.3 is 0 Å². The molecule has 5 nitrogen and oxygen atoms in total. The number of hydrogen-bond donors (Lipinski definition) is 2. The molecule has 90 valence electrons. The van der Waals surface area contributed by atoms with Crippen LogP contribution in [0, 0.1) is 18.3 Å². The number of nitrogens with one attached hydrogen (secondary N) is 2. The fourth-order valence-corrected chi connectivity index (χ4v) is 1.68. The highest BCUT2D eigenvalue weighted by Crippen LogP contribution is 2.18. The monoisotopic (exact) mass is 304 g/mol. The molecule has 6 heteroatoms. The molecule has 2 aromatic rings. The summed E-state index contributed by atoms with van der Waals surface area (Å²) in [6, 6.07) is 7.21. The molecule has 0 saturated carbocycles. The number of benzene rings is 1. The van der Waals surface area contributed by atoms with Crippen LogP contribution in [0.25, 0.3) is 0 Å². The van der Waals surface area contributed by atoms with Crippen LogP contribution in [-0.2, 0) is 0 Å². The highest BCUT2D eigenvalue weighted by Gasteiger charge is 2.11. The molecule has 0 spiro atoms. The smallest absolute Gasteiger partial charge is 0.256 e. The van der Waals surface area contributed by atoms with Crippen molar-refractivity contribution in [2.45, 2.75) is 6.92 Å². The molecule has 2 N–H and O–H groups in total. The SMILES string of the molecule is Cc1cc(C(=O)Nc2[nH]ncc2C#N)ccc1Br. The van der Waals surface area contributed by atoms with Gasteiger partial charge in [-0.2, -0.15) is 10.4 Å². The molecule has 0 saturated heterocycles. The van der Waals surface area contributed by atoms with Gasteiger partial charge in [0.05, 0.1) is 6.20 Å². The van der Waals surface area contributed by atoms with Crippen molar-refractivity contribution in [3.63, 3.8) is 0 Å². The number of rotatable bonds is 2. The number of nitrogens with zero attached hydrogens (tertiary/aromatic N) is 2. The Hall–Kier alpha value is -2.13. The van der Waals surface area contributed by atoms with Gasteiger partial charge in [-0.1, -0.05) is 15.9 Å². The molecular weight excluding hydrogens is 296 g/mol. The Balaban J connectivity index is 2.23. The fourth-order valence-electron chi connectivity index (χ4n) is 1.44. The van der Waals surface area contributed by atoms with Gasteiger partial charge in [-0.15, -0.1) is 0 Å². The second-order valence-corrected chi connectivity index (χ2v) is 4.54. The first-order valence-corrected chi connectivity index (χ1v) is 5.92. The highest BCUT2D eigenvalue weighted by molar-refractivity contribution is 9.10. The molecule has 18 heavy (non-hydrogen) atoms. The number of carbonyl (C=O) groups is 1. The zero-order valence-corrected chi connectivity index (χ0v) is 11.1. The summed E-state index contributed by atoms with van der Waals surface area (Å²) in [6.45, 7) is 1.90. The second-order valence-electron chi connectivity index (χ2n) is 3.69. The second kappa shape index (κ2) is 5.02. The third-order valence-electron chi connectivity index (χ3n) is 2.42. The Kier molecular flexibility index (Phi) is 3.44. The van der Waals surface area contributed by atoms with Crippen LogP contribution in [0.4, 0.5) is 5.82 Å². The van der Waals surface area contributed by atoms with Gasteiger partial charge in [0.2, 0.25) is 0 Å². The number of halogens is 1. The van der Waals surface area contributed by atoms with Gasteiger partial charge in [0.1, 0.15) is 17.5 Å². The van der Waals surface area contributed by atoms with Crippen LogP contribution in [0.1, 0.15) is 21.5 Å². The summed E-state index contributed by atoms with van der Waals surface area (Å²) in [7, 11) is 0. The van der Waals surface area contributed by atoms with E-state index in [4.69, 9.17) is 5.26 Å². The van der Waals surface area contributed by atoms with Gasteiger partial charge in [0.15, 0.2) is 0 Å². The van der Waals surface area contributed by atoms with E-state index in [9.17, 15) is 4.79 Å². The number of H-pyrrole nitrogens is 1. The molecular formula is C12H9BrN4O. The standard InChI is InChI=1S/C12H9BrN4O/c1-7-4-8(2-3-10(7)13)12(18)16-11-9(5-14)6-15-17-11/h2-4,6H,1H3,(H2,15,16,17,18). The third kappa shape index (κ3) is 2.41. The number of hydrogen-bond acceptors (Lipinski definition) is 3. The summed E-state index contributed by atoms with van der Waals surface area (Å²) in [5.74, 6) is 0.0226. The lowest BCUT2D eigenvalue weighted by Gasteiger charge is -2.05. The maximum Gasteiger partial charge on any atom is 0.256 e. The first kappa shape index (κ1) is 12.3. The van der Waals surface area contributed by atoms with Crippen LogP contribution in [0.15, 0.2) is 28.9 Å². The first-order chi connectivity index (χ1) is 8.61. The van der Waals surface area contributed by atoms with Crippen molar-refractivity contribution in [2.24, 2.45) is 0 Å². The molecule has 1 aromatic carbocycles. The number of amides is 1. The van der Waals surface area contributed by atoms with Gasteiger partial charge in [-0.05, 0) is 30.7 Å². The van der Waals surface area contributed by atoms with E-state index in [1.807, 2.05) is 19.1 Å². The Morgan fingerprint density at radius 3 is 3.00 bits per heavy atom. The van der Waals surface area contributed by atoms with Crippen molar-refractivity contribution in [1.29, 1.82) is 5.26 Å². The van der Waals surface area contributed by atoms with Crippen molar-refractivity contribution in [3.8, 4) is 6.07 Å². The Morgan fingerprint density at radius 2 is 2.33 bits per heavy atom. The zero-order valence-electron chi connectivity index (χ0n) is 9.49. The number of aryl methyl sites for hydroxylation is 1. The summed E-state index contributed by atoms with van der Waals surface area (Å²) < 4.78 is 0.943. The number of anilines is 1. The van der Waals surface area contributed by atoms with Crippen molar-refractivity contribution in [1.82, 2.24) is 10.2 Å². The van der Waals surface area contributed by atoms with Crippen molar-refractivity contribution >= 4 is 27.7 Å². The quantitative estimate of drug-likeness (QED) is 0.894. The van der Waals surface area contributed by atoms with E-state index in [2.05, 4.69) is 31.4 Å². The zero-order chi connectivity index (χ0) is 13.1. The van der Waals surface area contributed by atoms with Gasteiger partial charge in [-0.3, -0.25) is 9.89 Å². The van der Waals surface area contributed by atoms with E-state index in [0.717, 1.165) is 10.0 Å². The molecule has 0 aliphatic heterocycles. The minimum absolute atomic E-state index is 0.286. The number of carbonyl (C=O) groups excluding carboxylic acids is 1. The highest BCUT2D eigenvalue weighted by atomic mass is 79.9. The van der Waals surface area contributed by atoms with Crippen molar-refractivity contribution in [2.75, 3.05) is 5.32 Å². The van der Waals surface area contributed by atoms with E-state index < -0.39 is 0 Å². The van der Waals surface area contributed by atoms with Crippen LogP contribution in [-0.4, -0.2) is 16.1 Å². The third-order valence-corrected chi connectivity index (χ3v) is 3.31. The number of aromatic amines is 1. The van der Waals surface area contributed by atoms with Crippen LogP contribution in [0.3, 0.4) is 0 Å². The summed E-state index contributed by atoms with van der Waals surface area (Å²) in [5.41, 5.74) is 1.79. The molecule has 0 atom stereocenters. The van der Waals surface area contributed by atoms with E-state index >= 15 is 0 Å². The lowest BCUT2D eigenvalue weighted by atomic mass is 10.1. The molecule has 0 aliphatic carbocycles. The van der Waals surface area contributed by atoms with Crippen molar-refractivity contribution in [3.05, 3.63) is 45.6 Å². The largest absolute Gasteiger partial charge is 0.306 e. The predicted molar refractivity (Wildman–Crippen MR) is 70.1 cm³/mol. The predicted octanol–water partition coefficient (Wildman–Crippen LogP) is 2.60. The van der Waals surface area contributed by atoms with E-state index in [1.165, 1.54) is 6.20 Å². The fraction of sp³-hybridized carbons (Fsp3) is 0.0833. The minimum Gasteiger partial charge on any atom is -0.306 e. The Morgan fingerprint density at radius 1 is 1.56 bits per heavy atom. The maximum atomic E-state index is 12.0. The van der Waals surface area contributed by atoms with Gasteiger partial charge in [0.25, 0.3) is 5.91 Å². The molecule has 0 aliphatic rings. The molecule has 0 unspecified atom stereocenters. The Labute approximate surface area is 112 Å². The first-order valence-electron chi connectivity index (χ1n) is 5.13. The van der Waals surface area contributed by atoms with Crippen LogP contribution >= 0.6 is 15.9 Å². The van der Waals surface area contributed by atoms with Crippen molar-refractivity contribution < 1.29 is 4.79 Å². The number of aromatic nitrogens is 2. The lowest BCUT2D eigenvalue weighted by Crippen LogP contribution is -2.13. The average molecular weight is 305 g/mol. The van der Waals surface area contributed by atoms with E-state index in [1.54, 1.807) is 12.1 Å². The molecule has 0 bridgehead atoms. The maximum absolute atomic E-state index is 12.0. The average Bonchev–Trinajstić information content (AvgIpc) is 2.79.